The fraction of sp³-hybridized carbons (Fsp3) is 0.136. The molecule has 1 amide bonds. The van der Waals surface area contributed by atoms with E-state index in [0.717, 1.165) is 32.8 Å². The average molecular weight is 466 g/mol. The molecule has 30 heavy (non-hydrogen) atoms. The minimum atomic E-state index is -0.101. The van der Waals surface area contributed by atoms with Gasteiger partial charge in [-0.3, -0.25) is 9.78 Å². The van der Waals surface area contributed by atoms with E-state index >= 15 is 0 Å². The second-order valence-corrected chi connectivity index (χ2v) is 7.69. The number of benzene rings is 2. The number of carbonyl (C=O) groups is 1. The standard InChI is InChI=1S/C22H20BrN5O2/c1-14(29)25-13-17-11-19(9-10-24-17)30-18-7-8-21-20(12-18)27-22(28(21)2)26-16-5-3-15(23)4-6-16/h3-12H,13H2,1-2H3,(H,25,29)(H,26,27). The molecular formula is C22H20BrN5O2. The maximum absolute atomic E-state index is 11.1. The van der Waals surface area contributed by atoms with Gasteiger partial charge in [-0.1, -0.05) is 15.9 Å². The van der Waals surface area contributed by atoms with Gasteiger partial charge in [0.2, 0.25) is 11.9 Å². The molecule has 0 saturated carbocycles. The SMILES string of the molecule is CC(=O)NCc1cc(Oc2ccc3c(c2)nc(Nc2ccc(Br)cc2)n3C)ccn1. The molecule has 2 aromatic carbocycles. The Hall–Kier alpha value is -3.39. The molecule has 0 aliphatic rings. The molecule has 0 aliphatic heterocycles. The average Bonchev–Trinajstić information content (AvgIpc) is 3.03. The zero-order valence-electron chi connectivity index (χ0n) is 16.5. The number of fused-ring (bicyclic) bond motifs is 1. The number of amides is 1. The monoisotopic (exact) mass is 465 g/mol. The van der Waals surface area contributed by atoms with Gasteiger partial charge in [0.1, 0.15) is 11.5 Å². The van der Waals surface area contributed by atoms with E-state index < -0.39 is 0 Å². The van der Waals surface area contributed by atoms with Gasteiger partial charge in [-0.2, -0.15) is 0 Å². The highest BCUT2D eigenvalue weighted by atomic mass is 79.9. The van der Waals surface area contributed by atoms with E-state index in [9.17, 15) is 4.79 Å². The highest BCUT2D eigenvalue weighted by Gasteiger charge is 2.10. The van der Waals surface area contributed by atoms with Crippen molar-refractivity contribution >= 4 is 44.5 Å². The normalized spacial score (nSPS) is 10.8. The number of aromatic nitrogens is 3. The van der Waals surface area contributed by atoms with Crippen LogP contribution in [0.25, 0.3) is 11.0 Å². The van der Waals surface area contributed by atoms with Crippen LogP contribution >= 0.6 is 15.9 Å². The first-order chi connectivity index (χ1) is 14.5. The van der Waals surface area contributed by atoms with Gasteiger partial charge in [-0.05, 0) is 42.5 Å². The zero-order chi connectivity index (χ0) is 21.1. The first-order valence-corrected chi connectivity index (χ1v) is 10.1. The first-order valence-electron chi connectivity index (χ1n) is 9.34. The van der Waals surface area contributed by atoms with Gasteiger partial charge in [0.25, 0.3) is 0 Å². The van der Waals surface area contributed by atoms with Crippen LogP contribution in [0.4, 0.5) is 11.6 Å². The van der Waals surface area contributed by atoms with Crippen molar-refractivity contribution in [2.75, 3.05) is 5.32 Å². The van der Waals surface area contributed by atoms with Gasteiger partial charge in [-0.25, -0.2) is 4.98 Å². The third-order valence-corrected chi connectivity index (χ3v) is 5.02. The number of hydrogen-bond acceptors (Lipinski definition) is 5. The fourth-order valence-electron chi connectivity index (χ4n) is 2.98. The second kappa shape index (κ2) is 8.54. The van der Waals surface area contributed by atoms with E-state index in [2.05, 4.69) is 31.5 Å². The van der Waals surface area contributed by atoms with Crippen LogP contribution in [-0.4, -0.2) is 20.4 Å². The Morgan fingerprint density at radius 1 is 1.10 bits per heavy atom. The van der Waals surface area contributed by atoms with Crippen LogP contribution in [0.3, 0.4) is 0 Å². The third kappa shape index (κ3) is 4.60. The predicted octanol–water partition coefficient (Wildman–Crippen LogP) is 4.90. The minimum absolute atomic E-state index is 0.101. The number of halogens is 1. The summed E-state index contributed by atoms with van der Waals surface area (Å²) in [6.07, 6.45) is 1.66. The Labute approximate surface area is 182 Å². The molecule has 0 atom stereocenters. The molecule has 2 aromatic heterocycles. The summed E-state index contributed by atoms with van der Waals surface area (Å²) in [4.78, 5) is 20.0. The number of nitrogens with zero attached hydrogens (tertiary/aromatic N) is 3. The summed E-state index contributed by atoms with van der Waals surface area (Å²) in [5.74, 6) is 1.96. The molecule has 2 N–H and O–H groups in total. The van der Waals surface area contributed by atoms with Crippen molar-refractivity contribution in [3.8, 4) is 11.5 Å². The third-order valence-electron chi connectivity index (χ3n) is 4.49. The van der Waals surface area contributed by atoms with Crippen LogP contribution in [-0.2, 0) is 18.4 Å². The molecule has 0 unspecified atom stereocenters. The van der Waals surface area contributed by atoms with E-state index in [1.807, 2.05) is 54.1 Å². The molecule has 0 saturated heterocycles. The predicted molar refractivity (Wildman–Crippen MR) is 120 cm³/mol. The van der Waals surface area contributed by atoms with E-state index in [-0.39, 0.29) is 5.91 Å². The molecule has 152 valence electrons. The molecular weight excluding hydrogens is 446 g/mol. The fourth-order valence-corrected chi connectivity index (χ4v) is 3.25. The smallest absolute Gasteiger partial charge is 0.217 e. The number of pyridine rings is 1. The van der Waals surface area contributed by atoms with E-state index in [1.165, 1.54) is 6.92 Å². The number of ether oxygens (including phenoxy) is 1. The maximum atomic E-state index is 11.1. The van der Waals surface area contributed by atoms with Gasteiger partial charge in [0, 0.05) is 42.5 Å². The van der Waals surface area contributed by atoms with Crippen molar-refractivity contribution in [3.05, 3.63) is 71.0 Å². The van der Waals surface area contributed by atoms with Crippen molar-refractivity contribution in [2.45, 2.75) is 13.5 Å². The van der Waals surface area contributed by atoms with Gasteiger partial charge < -0.3 is 19.9 Å². The molecule has 8 heteroatoms. The highest BCUT2D eigenvalue weighted by Crippen LogP contribution is 2.28. The summed E-state index contributed by atoms with van der Waals surface area (Å²) in [5, 5.41) is 6.07. The molecule has 2 heterocycles. The second-order valence-electron chi connectivity index (χ2n) is 6.77. The lowest BCUT2D eigenvalue weighted by Crippen LogP contribution is -2.19. The van der Waals surface area contributed by atoms with Gasteiger partial charge in [0.05, 0.1) is 23.3 Å². The van der Waals surface area contributed by atoms with Gasteiger partial charge in [0.15, 0.2) is 0 Å². The van der Waals surface area contributed by atoms with Crippen LogP contribution in [0.15, 0.2) is 65.3 Å². The molecule has 0 spiro atoms. The van der Waals surface area contributed by atoms with Crippen molar-refractivity contribution in [1.82, 2.24) is 19.9 Å². The first kappa shape index (κ1) is 19.9. The number of anilines is 2. The van der Waals surface area contributed by atoms with Crippen LogP contribution in [0.1, 0.15) is 12.6 Å². The Morgan fingerprint density at radius 2 is 1.87 bits per heavy atom. The molecule has 0 fully saturated rings. The Morgan fingerprint density at radius 3 is 2.63 bits per heavy atom. The molecule has 4 aromatic rings. The van der Waals surface area contributed by atoms with E-state index in [0.29, 0.717) is 18.0 Å². The summed E-state index contributed by atoms with van der Waals surface area (Å²) in [6.45, 7) is 1.83. The topological polar surface area (TPSA) is 81.1 Å². The summed E-state index contributed by atoms with van der Waals surface area (Å²) in [5.41, 5.74) is 3.49. The summed E-state index contributed by atoms with van der Waals surface area (Å²) in [6, 6.07) is 17.3. The number of aryl methyl sites for hydroxylation is 1. The van der Waals surface area contributed by atoms with Crippen molar-refractivity contribution in [3.63, 3.8) is 0 Å². The van der Waals surface area contributed by atoms with E-state index in [4.69, 9.17) is 9.72 Å². The Balaban J connectivity index is 1.54. The summed E-state index contributed by atoms with van der Waals surface area (Å²) < 4.78 is 9.01. The zero-order valence-corrected chi connectivity index (χ0v) is 18.1. The van der Waals surface area contributed by atoms with Crippen molar-refractivity contribution < 1.29 is 9.53 Å². The van der Waals surface area contributed by atoms with Gasteiger partial charge >= 0.3 is 0 Å². The molecule has 4 rings (SSSR count). The number of rotatable bonds is 6. The number of hydrogen-bond donors (Lipinski definition) is 2. The Kier molecular flexibility index (Phi) is 5.67. The van der Waals surface area contributed by atoms with Crippen LogP contribution in [0.5, 0.6) is 11.5 Å². The van der Waals surface area contributed by atoms with Crippen LogP contribution in [0.2, 0.25) is 0 Å². The summed E-state index contributed by atoms with van der Waals surface area (Å²) >= 11 is 3.44. The molecule has 0 bridgehead atoms. The molecule has 7 nitrogen and oxygen atoms in total. The lowest BCUT2D eigenvalue weighted by molar-refractivity contribution is -0.119. The minimum Gasteiger partial charge on any atom is -0.457 e. The number of carbonyl (C=O) groups excluding carboxylic acids is 1. The maximum Gasteiger partial charge on any atom is 0.217 e. The number of imidazole rings is 1. The molecule has 0 aliphatic carbocycles. The van der Waals surface area contributed by atoms with Crippen LogP contribution in [0, 0.1) is 0 Å². The highest BCUT2D eigenvalue weighted by molar-refractivity contribution is 9.10. The van der Waals surface area contributed by atoms with Crippen molar-refractivity contribution in [2.24, 2.45) is 7.05 Å². The number of nitrogens with one attached hydrogen (secondary N) is 2. The van der Waals surface area contributed by atoms with Gasteiger partial charge in [-0.15, -0.1) is 0 Å². The van der Waals surface area contributed by atoms with Crippen LogP contribution < -0.4 is 15.4 Å². The van der Waals surface area contributed by atoms with E-state index in [1.54, 1.807) is 18.3 Å². The molecule has 0 radical (unpaired) electrons. The lowest BCUT2D eigenvalue weighted by atomic mass is 10.3. The summed E-state index contributed by atoms with van der Waals surface area (Å²) in [7, 11) is 1.97. The largest absolute Gasteiger partial charge is 0.457 e. The lowest BCUT2D eigenvalue weighted by Gasteiger charge is -2.08. The quantitative estimate of drug-likeness (QED) is 0.423. The Bertz CT molecular complexity index is 1200. The van der Waals surface area contributed by atoms with Crippen molar-refractivity contribution in [1.29, 1.82) is 0 Å².